The van der Waals surface area contributed by atoms with Crippen LogP contribution in [0.1, 0.15) is 26.7 Å². The summed E-state index contributed by atoms with van der Waals surface area (Å²) in [6.45, 7) is 8.53. The molecule has 8 N–H and O–H groups in total. The number of hydrogen-bond donors (Lipinski definition) is 4. The molecule has 1 unspecified atom stereocenters. The molecule has 0 amide bonds. The van der Waals surface area contributed by atoms with E-state index in [4.69, 9.17) is 5.11 Å². The van der Waals surface area contributed by atoms with E-state index < -0.39 is 0 Å². The average molecular weight is 264 g/mol. The van der Waals surface area contributed by atoms with Crippen LogP contribution >= 0.6 is 0 Å². The third-order valence-corrected chi connectivity index (χ3v) is 1.88. The van der Waals surface area contributed by atoms with Crippen LogP contribution in [0.2, 0.25) is 0 Å². The summed E-state index contributed by atoms with van der Waals surface area (Å²) in [6, 6.07) is 0. The maximum absolute atomic E-state index is 9.64. The number of nitrogens with two attached hydrogens (primary N) is 2. The van der Waals surface area contributed by atoms with Gasteiger partial charge in [0.25, 0.3) is 0 Å². The van der Waals surface area contributed by atoms with E-state index in [2.05, 4.69) is 35.7 Å². The van der Waals surface area contributed by atoms with E-state index in [1.165, 1.54) is 6.42 Å². The van der Waals surface area contributed by atoms with Crippen molar-refractivity contribution in [3.8, 4) is 0 Å². The van der Waals surface area contributed by atoms with Gasteiger partial charge in [-0.3, -0.25) is 16.5 Å². The second-order valence-corrected chi connectivity index (χ2v) is 2.94. The minimum Gasteiger partial charge on any atom is -0.412 e. The Kier molecular flexibility index (Phi) is 35.2. The molecule has 1 heterocycles. The first-order chi connectivity index (χ1) is 8.24. The van der Waals surface area contributed by atoms with Crippen molar-refractivity contribution in [3.05, 3.63) is 12.2 Å². The SMILES string of the molecule is C=C(C=O)CC.CCC1C=NNC1.CO.NN.O. The maximum Gasteiger partial charge on any atom is 0.145 e. The molecule has 0 radical (unpaired) electrons. The Labute approximate surface area is 109 Å². The van der Waals surface area contributed by atoms with E-state index in [-0.39, 0.29) is 5.48 Å². The summed E-state index contributed by atoms with van der Waals surface area (Å²) >= 11 is 0. The number of aldehydes is 1. The number of aliphatic hydroxyl groups excluding tert-OH is 1. The number of hydrogen-bond acceptors (Lipinski definition) is 6. The lowest BCUT2D eigenvalue weighted by molar-refractivity contribution is -0.105. The summed E-state index contributed by atoms with van der Waals surface area (Å²) < 4.78 is 0. The summed E-state index contributed by atoms with van der Waals surface area (Å²) in [6.07, 6.45) is 4.72. The van der Waals surface area contributed by atoms with Gasteiger partial charge in [-0.25, -0.2) is 0 Å². The van der Waals surface area contributed by atoms with Crippen molar-refractivity contribution in [2.24, 2.45) is 22.7 Å². The van der Waals surface area contributed by atoms with E-state index in [0.29, 0.717) is 11.5 Å². The molecule has 7 nitrogen and oxygen atoms in total. The van der Waals surface area contributed by atoms with Gasteiger partial charge in [-0.05, 0) is 18.4 Å². The molecule has 0 spiro atoms. The Morgan fingerprint density at radius 1 is 1.56 bits per heavy atom. The molecule has 1 atom stereocenters. The summed E-state index contributed by atoms with van der Waals surface area (Å²) in [5.41, 5.74) is 3.55. The second kappa shape index (κ2) is 24.8. The molecule has 0 saturated carbocycles. The van der Waals surface area contributed by atoms with Crippen molar-refractivity contribution in [1.82, 2.24) is 5.43 Å². The number of allylic oxidation sites excluding steroid dienone is 1. The molecule has 18 heavy (non-hydrogen) atoms. The Morgan fingerprint density at radius 2 is 2.06 bits per heavy atom. The summed E-state index contributed by atoms with van der Waals surface area (Å²) in [4.78, 5) is 9.64. The summed E-state index contributed by atoms with van der Waals surface area (Å²) in [7, 11) is 1.00. The van der Waals surface area contributed by atoms with Crippen LogP contribution in [0.5, 0.6) is 0 Å². The van der Waals surface area contributed by atoms with Gasteiger partial charge in [-0.15, -0.1) is 0 Å². The lowest BCUT2D eigenvalue weighted by Gasteiger charge is -1.95. The Morgan fingerprint density at radius 3 is 2.17 bits per heavy atom. The van der Waals surface area contributed by atoms with Crippen LogP contribution in [0.15, 0.2) is 17.3 Å². The fourth-order valence-electron chi connectivity index (χ4n) is 0.714. The topological polar surface area (TPSA) is 145 Å². The minimum atomic E-state index is 0. The van der Waals surface area contributed by atoms with Gasteiger partial charge in [-0.1, -0.05) is 20.4 Å². The molecular weight excluding hydrogens is 236 g/mol. The number of hydrazine groups is 1. The lowest BCUT2D eigenvalue weighted by Crippen LogP contribution is -2.08. The van der Waals surface area contributed by atoms with Gasteiger partial charge in [0.15, 0.2) is 0 Å². The van der Waals surface area contributed by atoms with Gasteiger partial charge < -0.3 is 16.0 Å². The number of carbonyl (C=O) groups excluding carboxylic acids is 1. The molecule has 110 valence electrons. The molecule has 7 heteroatoms. The van der Waals surface area contributed by atoms with Crippen molar-refractivity contribution in [2.75, 3.05) is 13.7 Å². The third-order valence-electron chi connectivity index (χ3n) is 1.88. The van der Waals surface area contributed by atoms with Crippen molar-refractivity contribution >= 4 is 12.5 Å². The standard InChI is InChI=1S/C5H10N2.C5H8O.CH4O.H4N2.H2O/c1-2-5-3-6-7-4-5;1-3-5(2)4-6;2*1-2;/h3,5,7H,2,4H2,1H3;4H,2-3H2,1H3;2H,1H3;1-2H2;1H2. The van der Waals surface area contributed by atoms with Gasteiger partial charge in [0.05, 0.1) is 0 Å². The Hall–Kier alpha value is -1.28. The van der Waals surface area contributed by atoms with Crippen LogP contribution in [-0.4, -0.2) is 36.7 Å². The molecule has 0 fully saturated rings. The number of carbonyl (C=O) groups is 1. The molecule has 0 aliphatic carbocycles. The monoisotopic (exact) mass is 264 g/mol. The fraction of sp³-hybridized carbons (Fsp3) is 0.636. The zero-order chi connectivity index (χ0) is 14.1. The van der Waals surface area contributed by atoms with E-state index in [1.807, 2.05) is 13.1 Å². The number of nitrogens with one attached hydrogen (secondary N) is 1. The van der Waals surface area contributed by atoms with Crippen molar-refractivity contribution in [3.63, 3.8) is 0 Å². The highest BCUT2D eigenvalue weighted by Crippen LogP contribution is 1.99. The number of nitrogens with zero attached hydrogens (tertiary/aromatic N) is 1. The van der Waals surface area contributed by atoms with Gasteiger partial charge in [0.2, 0.25) is 0 Å². The normalized spacial score (nSPS) is 14.0. The van der Waals surface area contributed by atoms with E-state index in [9.17, 15) is 4.79 Å². The second-order valence-electron chi connectivity index (χ2n) is 2.94. The first-order valence-corrected chi connectivity index (χ1v) is 5.41. The largest absolute Gasteiger partial charge is 0.412 e. The number of aliphatic hydroxyl groups is 1. The summed E-state index contributed by atoms with van der Waals surface area (Å²) in [5.74, 6) is 8.69. The molecule has 1 aliphatic rings. The molecule has 1 aliphatic heterocycles. The maximum atomic E-state index is 9.64. The van der Waals surface area contributed by atoms with Crippen LogP contribution in [0.25, 0.3) is 0 Å². The first-order valence-electron chi connectivity index (χ1n) is 5.41. The van der Waals surface area contributed by atoms with E-state index in [0.717, 1.165) is 26.4 Å². The smallest absolute Gasteiger partial charge is 0.145 e. The quantitative estimate of drug-likeness (QED) is 0.232. The summed E-state index contributed by atoms with van der Waals surface area (Å²) in [5, 5.41) is 10.9. The fourth-order valence-corrected chi connectivity index (χ4v) is 0.714. The van der Waals surface area contributed by atoms with Crippen LogP contribution in [0, 0.1) is 5.92 Å². The Balaban J connectivity index is -0.0000000825. The number of hydrazone groups is 1. The molecule has 0 bridgehead atoms. The van der Waals surface area contributed by atoms with Crippen LogP contribution in [0.3, 0.4) is 0 Å². The van der Waals surface area contributed by atoms with Crippen LogP contribution in [-0.2, 0) is 4.79 Å². The molecule has 0 aromatic carbocycles. The predicted octanol–water partition coefficient (Wildman–Crippen LogP) is -0.644. The zero-order valence-electron chi connectivity index (χ0n) is 11.5. The first kappa shape index (κ1) is 25.5. The van der Waals surface area contributed by atoms with Crippen molar-refractivity contribution in [1.29, 1.82) is 0 Å². The highest BCUT2D eigenvalue weighted by molar-refractivity contribution is 5.71. The van der Waals surface area contributed by atoms with Crippen LogP contribution in [0.4, 0.5) is 0 Å². The molecule has 0 aromatic rings. The average Bonchev–Trinajstić information content (AvgIpc) is 2.96. The highest BCUT2D eigenvalue weighted by Gasteiger charge is 2.04. The highest BCUT2D eigenvalue weighted by atomic mass is 16.2. The molecule has 0 aromatic heterocycles. The van der Waals surface area contributed by atoms with E-state index in [1.54, 1.807) is 0 Å². The lowest BCUT2D eigenvalue weighted by atomic mass is 10.1. The van der Waals surface area contributed by atoms with Crippen molar-refractivity contribution in [2.45, 2.75) is 26.7 Å². The molecule has 1 rings (SSSR count). The van der Waals surface area contributed by atoms with Gasteiger partial charge in [0.1, 0.15) is 6.29 Å². The van der Waals surface area contributed by atoms with Gasteiger partial charge >= 0.3 is 0 Å². The van der Waals surface area contributed by atoms with Crippen LogP contribution < -0.4 is 17.1 Å². The predicted molar refractivity (Wildman–Crippen MR) is 75.9 cm³/mol. The van der Waals surface area contributed by atoms with Crippen molar-refractivity contribution < 1.29 is 15.4 Å². The minimum absolute atomic E-state index is 0. The molecule has 0 saturated heterocycles. The third kappa shape index (κ3) is 20.2. The zero-order valence-corrected chi connectivity index (χ0v) is 11.5. The van der Waals surface area contributed by atoms with Gasteiger partial charge in [-0.2, -0.15) is 5.10 Å². The van der Waals surface area contributed by atoms with Gasteiger partial charge in [0, 0.05) is 25.8 Å². The molecular formula is C11H28N4O3. The number of rotatable bonds is 3. The van der Waals surface area contributed by atoms with E-state index >= 15 is 0 Å². The Bertz CT molecular complexity index is 199.